The van der Waals surface area contributed by atoms with Gasteiger partial charge < -0.3 is 20.7 Å². The molecule has 0 aromatic heterocycles. The predicted octanol–water partition coefficient (Wildman–Crippen LogP) is 2.37. The van der Waals surface area contributed by atoms with Crippen molar-refractivity contribution >= 4 is 17.6 Å². The number of carbonyl (C=O) groups excluding carboxylic acids is 1. The van der Waals surface area contributed by atoms with Gasteiger partial charge in [0, 0.05) is 26.2 Å². The van der Waals surface area contributed by atoms with Crippen LogP contribution in [0, 0.1) is 0 Å². The minimum atomic E-state index is -0.0114. The van der Waals surface area contributed by atoms with Crippen LogP contribution in [0.4, 0.5) is 5.69 Å². The molecule has 0 heterocycles. The average molecular weight is 340 g/mol. The number of hydrogen-bond acceptors (Lipinski definition) is 3. The minimum absolute atomic E-state index is 0.0114. The van der Waals surface area contributed by atoms with Crippen molar-refractivity contribution in [3.8, 4) is 5.75 Å². The van der Waals surface area contributed by atoms with Crippen molar-refractivity contribution < 1.29 is 9.53 Å². The highest BCUT2D eigenvalue weighted by molar-refractivity contribution is 5.94. The van der Waals surface area contributed by atoms with Crippen molar-refractivity contribution in [1.82, 2.24) is 4.90 Å². The zero-order valence-electron chi connectivity index (χ0n) is 14.8. The number of nitrogens with zero attached hydrogens (tertiary/aromatic N) is 2. The molecular weight excluding hydrogens is 316 g/mol. The van der Waals surface area contributed by atoms with Crippen molar-refractivity contribution in [2.24, 2.45) is 10.7 Å². The lowest BCUT2D eigenvalue weighted by molar-refractivity contribution is 0.0827. The van der Waals surface area contributed by atoms with E-state index in [9.17, 15) is 4.79 Å². The van der Waals surface area contributed by atoms with Crippen LogP contribution in [0.2, 0.25) is 0 Å². The van der Waals surface area contributed by atoms with Gasteiger partial charge in [-0.3, -0.25) is 9.79 Å². The van der Waals surface area contributed by atoms with Crippen LogP contribution in [-0.2, 0) is 6.42 Å². The molecule has 1 amide bonds. The van der Waals surface area contributed by atoms with Gasteiger partial charge in [-0.1, -0.05) is 24.3 Å². The van der Waals surface area contributed by atoms with E-state index in [0.717, 1.165) is 11.3 Å². The van der Waals surface area contributed by atoms with E-state index in [1.807, 2.05) is 48.5 Å². The molecule has 0 radical (unpaired) electrons. The summed E-state index contributed by atoms with van der Waals surface area (Å²) in [6.07, 6.45) is 0.697. The monoisotopic (exact) mass is 340 g/mol. The minimum Gasteiger partial charge on any atom is -0.495 e. The number of benzene rings is 2. The van der Waals surface area contributed by atoms with Gasteiger partial charge in [0.25, 0.3) is 5.91 Å². The Kier molecular flexibility index (Phi) is 6.39. The van der Waals surface area contributed by atoms with Gasteiger partial charge >= 0.3 is 0 Å². The fourth-order valence-electron chi connectivity index (χ4n) is 2.35. The summed E-state index contributed by atoms with van der Waals surface area (Å²) >= 11 is 0. The van der Waals surface area contributed by atoms with Crippen LogP contribution in [0.5, 0.6) is 5.75 Å². The van der Waals surface area contributed by atoms with E-state index in [1.165, 1.54) is 0 Å². The Morgan fingerprint density at radius 1 is 1.20 bits per heavy atom. The lowest BCUT2D eigenvalue weighted by atomic mass is 10.1. The quantitative estimate of drug-likeness (QED) is 0.625. The Balaban J connectivity index is 1.96. The van der Waals surface area contributed by atoms with Gasteiger partial charge in [-0.05, 0) is 36.2 Å². The van der Waals surface area contributed by atoms with Gasteiger partial charge in [-0.25, -0.2) is 0 Å². The van der Waals surface area contributed by atoms with Crippen molar-refractivity contribution in [3.05, 3.63) is 59.7 Å². The first-order valence-corrected chi connectivity index (χ1v) is 8.02. The van der Waals surface area contributed by atoms with Crippen LogP contribution in [0.3, 0.4) is 0 Å². The molecule has 0 aliphatic rings. The van der Waals surface area contributed by atoms with Gasteiger partial charge in [-0.15, -0.1) is 0 Å². The van der Waals surface area contributed by atoms with Crippen LogP contribution in [0.15, 0.2) is 53.5 Å². The average Bonchev–Trinajstić information content (AvgIpc) is 2.61. The van der Waals surface area contributed by atoms with E-state index in [-0.39, 0.29) is 5.91 Å². The second-order valence-corrected chi connectivity index (χ2v) is 5.74. The number of rotatable bonds is 6. The van der Waals surface area contributed by atoms with E-state index >= 15 is 0 Å². The number of carbonyl (C=O) groups is 1. The smallest absolute Gasteiger partial charge is 0.253 e. The zero-order chi connectivity index (χ0) is 18.2. The molecule has 3 N–H and O–H groups in total. The highest BCUT2D eigenvalue weighted by Gasteiger charge is 2.08. The molecule has 6 nitrogen and oxygen atoms in total. The second-order valence-electron chi connectivity index (χ2n) is 5.74. The Morgan fingerprint density at radius 2 is 1.96 bits per heavy atom. The fourth-order valence-corrected chi connectivity index (χ4v) is 2.35. The lowest BCUT2D eigenvalue weighted by Crippen LogP contribution is -2.23. The summed E-state index contributed by atoms with van der Waals surface area (Å²) in [5.41, 5.74) is 8.42. The molecule has 25 heavy (non-hydrogen) atoms. The Labute approximate surface area is 148 Å². The third-order valence-electron chi connectivity index (χ3n) is 3.63. The fraction of sp³-hybridized carbons (Fsp3) is 0.263. The zero-order valence-corrected chi connectivity index (χ0v) is 14.8. The highest BCUT2D eigenvalue weighted by Crippen LogP contribution is 2.22. The molecule has 0 spiro atoms. The molecule has 0 unspecified atom stereocenters. The molecule has 0 atom stereocenters. The molecule has 0 aliphatic carbocycles. The van der Waals surface area contributed by atoms with Gasteiger partial charge in [-0.2, -0.15) is 0 Å². The summed E-state index contributed by atoms with van der Waals surface area (Å²) in [5.74, 6) is 1.02. The van der Waals surface area contributed by atoms with Gasteiger partial charge in [0.15, 0.2) is 5.96 Å². The Morgan fingerprint density at radius 3 is 2.68 bits per heavy atom. The number of amides is 1. The number of ether oxygens (including phenoxy) is 1. The molecule has 132 valence electrons. The van der Waals surface area contributed by atoms with Crippen LogP contribution in [-0.4, -0.2) is 44.5 Å². The molecule has 0 fully saturated rings. The maximum Gasteiger partial charge on any atom is 0.253 e. The van der Waals surface area contributed by atoms with Crippen LogP contribution in [0.25, 0.3) is 0 Å². The van der Waals surface area contributed by atoms with Gasteiger partial charge in [0.2, 0.25) is 0 Å². The van der Waals surface area contributed by atoms with E-state index in [1.54, 1.807) is 26.1 Å². The van der Waals surface area contributed by atoms with Crippen molar-refractivity contribution in [3.63, 3.8) is 0 Å². The number of anilines is 1. The molecule has 0 aliphatic heterocycles. The van der Waals surface area contributed by atoms with Crippen LogP contribution in [0.1, 0.15) is 15.9 Å². The number of methoxy groups -OCH3 is 1. The first kappa shape index (κ1) is 18.3. The summed E-state index contributed by atoms with van der Waals surface area (Å²) in [6, 6.07) is 15.1. The predicted molar refractivity (Wildman–Crippen MR) is 101 cm³/mol. The summed E-state index contributed by atoms with van der Waals surface area (Å²) in [7, 11) is 5.09. The van der Waals surface area contributed by atoms with E-state index < -0.39 is 0 Å². The number of nitrogens with two attached hydrogens (primary N) is 1. The van der Waals surface area contributed by atoms with Gasteiger partial charge in [0.1, 0.15) is 5.75 Å². The third kappa shape index (κ3) is 5.24. The lowest BCUT2D eigenvalue weighted by Gasteiger charge is -2.11. The number of hydrogen-bond donors (Lipinski definition) is 2. The maximum absolute atomic E-state index is 12.0. The third-order valence-corrected chi connectivity index (χ3v) is 3.63. The Bertz CT molecular complexity index is 757. The number of guanidine groups is 1. The molecular formula is C19H24N4O2. The molecule has 0 saturated carbocycles. The largest absolute Gasteiger partial charge is 0.495 e. The molecule has 0 bridgehead atoms. The molecule has 2 rings (SSSR count). The topological polar surface area (TPSA) is 80.0 Å². The van der Waals surface area contributed by atoms with E-state index in [0.29, 0.717) is 30.2 Å². The van der Waals surface area contributed by atoms with E-state index in [2.05, 4.69) is 10.3 Å². The summed E-state index contributed by atoms with van der Waals surface area (Å²) < 4.78 is 5.27. The summed E-state index contributed by atoms with van der Waals surface area (Å²) in [5, 5.41) is 3.03. The van der Waals surface area contributed by atoms with Crippen LogP contribution < -0.4 is 15.8 Å². The summed E-state index contributed by atoms with van der Waals surface area (Å²) in [6.45, 7) is 0.521. The highest BCUT2D eigenvalue weighted by atomic mass is 16.5. The summed E-state index contributed by atoms with van der Waals surface area (Å²) in [4.78, 5) is 17.9. The maximum atomic E-state index is 12.0. The normalized spacial score (nSPS) is 11.1. The number of para-hydroxylation sites is 2. The van der Waals surface area contributed by atoms with E-state index in [4.69, 9.17) is 10.5 Å². The van der Waals surface area contributed by atoms with Crippen molar-refractivity contribution in [2.75, 3.05) is 33.1 Å². The first-order valence-electron chi connectivity index (χ1n) is 8.02. The second kappa shape index (κ2) is 8.73. The SMILES string of the molecule is COc1ccccc1NC(N)=NCCc1cccc(C(=O)N(C)C)c1. The standard InChI is InChI=1S/C19H24N4O2/c1-23(2)18(24)15-8-6-7-14(13-15)11-12-21-19(20)22-16-9-4-5-10-17(16)25-3/h4-10,13H,11-12H2,1-3H3,(H3,20,21,22). The first-order chi connectivity index (χ1) is 12.0. The Hall–Kier alpha value is -3.02. The number of nitrogens with one attached hydrogen (secondary N) is 1. The molecule has 2 aromatic carbocycles. The molecule has 2 aromatic rings. The number of aliphatic imine (C=N–C) groups is 1. The van der Waals surface area contributed by atoms with Crippen molar-refractivity contribution in [1.29, 1.82) is 0 Å². The molecule has 0 saturated heterocycles. The van der Waals surface area contributed by atoms with Crippen LogP contribution >= 0.6 is 0 Å². The molecule has 6 heteroatoms. The van der Waals surface area contributed by atoms with Gasteiger partial charge in [0.05, 0.1) is 12.8 Å². The van der Waals surface area contributed by atoms with Crippen molar-refractivity contribution in [2.45, 2.75) is 6.42 Å².